The molecule has 0 atom stereocenters. The van der Waals surface area contributed by atoms with Crippen LogP contribution in [-0.4, -0.2) is 9.97 Å². The zero-order chi connectivity index (χ0) is 9.97. The van der Waals surface area contributed by atoms with Crippen LogP contribution in [0.2, 0.25) is 0 Å². The van der Waals surface area contributed by atoms with Gasteiger partial charge in [-0.2, -0.15) is 0 Å². The maximum absolute atomic E-state index is 4.37. The third-order valence-corrected chi connectivity index (χ3v) is 2.07. The van der Waals surface area contributed by atoms with Crippen molar-refractivity contribution in [3.63, 3.8) is 0 Å². The summed E-state index contributed by atoms with van der Waals surface area (Å²) in [6, 6.07) is 10.1. The Balaban J connectivity index is 2.49. The Labute approximate surface area is 83.7 Å². The van der Waals surface area contributed by atoms with E-state index < -0.39 is 0 Å². The predicted molar refractivity (Wildman–Crippen MR) is 56.9 cm³/mol. The highest BCUT2D eigenvalue weighted by Gasteiger charge is 1.99. The molecular formula is C12H12N2. The summed E-state index contributed by atoms with van der Waals surface area (Å²) in [6.07, 6.45) is 1.79. The highest BCUT2D eigenvalue weighted by Crippen LogP contribution is 2.15. The predicted octanol–water partition coefficient (Wildman–Crippen LogP) is 2.76. The number of aromatic nitrogens is 2. The van der Waals surface area contributed by atoms with Gasteiger partial charge < -0.3 is 0 Å². The summed E-state index contributed by atoms with van der Waals surface area (Å²) in [7, 11) is 0. The summed E-state index contributed by atoms with van der Waals surface area (Å²) in [4.78, 5) is 8.61. The number of hydrogen-bond donors (Lipinski definition) is 0. The van der Waals surface area contributed by atoms with Crippen LogP contribution < -0.4 is 0 Å². The minimum absolute atomic E-state index is 0.800. The van der Waals surface area contributed by atoms with E-state index in [2.05, 4.69) is 29.0 Å². The smallest absolute Gasteiger partial charge is 0.159 e. The monoisotopic (exact) mass is 184 g/mol. The van der Waals surface area contributed by atoms with Gasteiger partial charge in [-0.1, -0.05) is 23.8 Å². The summed E-state index contributed by atoms with van der Waals surface area (Å²) < 4.78 is 0. The number of aryl methyl sites for hydroxylation is 2. The van der Waals surface area contributed by atoms with Gasteiger partial charge in [-0.3, -0.25) is 0 Å². The Hall–Kier alpha value is -1.70. The molecule has 0 aliphatic rings. The Morgan fingerprint density at radius 1 is 1.07 bits per heavy atom. The van der Waals surface area contributed by atoms with Crippen LogP contribution in [0.25, 0.3) is 11.4 Å². The number of rotatable bonds is 1. The fourth-order valence-corrected chi connectivity index (χ4v) is 1.37. The van der Waals surface area contributed by atoms with Crippen LogP contribution in [0.3, 0.4) is 0 Å². The van der Waals surface area contributed by atoms with Crippen molar-refractivity contribution in [2.75, 3.05) is 0 Å². The summed E-state index contributed by atoms with van der Waals surface area (Å²) in [5, 5.41) is 0. The Kier molecular flexibility index (Phi) is 2.27. The van der Waals surface area contributed by atoms with Gasteiger partial charge in [0.25, 0.3) is 0 Å². The van der Waals surface area contributed by atoms with E-state index in [9.17, 15) is 0 Å². The number of benzene rings is 1. The second-order valence-electron chi connectivity index (χ2n) is 3.39. The molecule has 0 saturated carbocycles. The zero-order valence-corrected chi connectivity index (χ0v) is 8.36. The van der Waals surface area contributed by atoms with Crippen molar-refractivity contribution in [1.29, 1.82) is 0 Å². The molecule has 0 saturated heterocycles. The molecule has 0 bridgehead atoms. The van der Waals surface area contributed by atoms with Gasteiger partial charge in [0.05, 0.1) is 0 Å². The van der Waals surface area contributed by atoms with Crippen molar-refractivity contribution >= 4 is 0 Å². The van der Waals surface area contributed by atoms with E-state index in [1.807, 2.05) is 25.1 Å². The summed E-state index contributed by atoms with van der Waals surface area (Å²) in [5.41, 5.74) is 3.30. The molecule has 1 heterocycles. The molecule has 1 aromatic heterocycles. The zero-order valence-electron chi connectivity index (χ0n) is 8.36. The SMILES string of the molecule is Cc1cccc(-c2nccc(C)n2)c1. The largest absolute Gasteiger partial charge is 0.237 e. The summed E-state index contributed by atoms with van der Waals surface area (Å²) in [6.45, 7) is 4.04. The molecule has 0 fully saturated rings. The van der Waals surface area contributed by atoms with Crippen molar-refractivity contribution in [3.8, 4) is 11.4 Å². The van der Waals surface area contributed by atoms with E-state index in [1.54, 1.807) is 6.20 Å². The number of hydrogen-bond acceptors (Lipinski definition) is 2. The minimum atomic E-state index is 0.800. The van der Waals surface area contributed by atoms with E-state index in [0.717, 1.165) is 17.1 Å². The Morgan fingerprint density at radius 2 is 1.93 bits per heavy atom. The molecule has 2 aromatic rings. The van der Waals surface area contributed by atoms with E-state index in [-0.39, 0.29) is 0 Å². The first kappa shape index (κ1) is 8.88. The molecular weight excluding hydrogens is 172 g/mol. The van der Waals surface area contributed by atoms with E-state index >= 15 is 0 Å². The highest BCUT2D eigenvalue weighted by molar-refractivity contribution is 5.55. The highest BCUT2D eigenvalue weighted by atomic mass is 14.9. The average molecular weight is 184 g/mol. The average Bonchev–Trinajstić information content (AvgIpc) is 2.18. The second-order valence-corrected chi connectivity index (χ2v) is 3.39. The van der Waals surface area contributed by atoms with Gasteiger partial charge in [-0.05, 0) is 26.0 Å². The Morgan fingerprint density at radius 3 is 2.64 bits per heavy atom. The minimum Gasteiger partial charge on any atom is -0.237 e. The van der Waals surface area contributed by atoms with Crippen molar-refractivity contribution in [1.82, 2.24) is 9.97 Å². The maximum Gasteiger partial charge on any atom is 0.159 e. The molecule has 2 heteroatoms. The molecule has 70 valence electrons. The normalized spacial score (nSPS) is 10.1. The van der Waals surface area contributed by atoms with Gasteiger partial charge in [0.2, 0.25) is 0 Å². The topological polar surface area (TPSA) is 25.8 Å². The van der Waals surface area contributed by atoms with Crippen LogP contribution in [0.4, 0.5) is 0 Å². The van der Waals surface area contributed by atoms with Crippen molar-refractivity contribution in [2.24, 2.45) is 0 Å². The van der Waals surface area contributed by atoms with Crippen molar-refractivity contribution < 1.29 is 0 Å². The molecule has 0 aliphatic heterocycles. The first-order valence-corrected chi connectivity index (χ1v) is 4.62. The lowest BCUT2D eigenvalue weighted by atomic mass is 10.1. The molecule has 2 nitrogen and oxygen atoms in total. The molecule has 1 aromatic carbocycles. The van der Waals surface area contributed by atoms with E-state index in [0.29, 0.717) is 0 Å². The fraction of sp³-hybridized carbons (Fsp3) is 0.167. The molecule has 14 heavy (non-hydrogen) atoms. The van der Waals surface area contributed by atoms with Gasteiger partial charge in [-0.25, -0.2) is 9.97 Å². The van der Waals surface area contributed by atoms with E-state index in [1.165, 1.54) is 5.56 Å². The van der Waals surface area contributed by atoms with Crippen molar-refractivity contribution in [3.05, 3.63) is 47.8 Å². The third-order valence-electron chi connectivity index (χ3n) is 2.07. The van der Waals surface area contributed by atoms with Gasteiger partial charge in [0, 0.05) is 17.5 Å². The fourth-order valence-electron chi connectivity index (χ4n) is 1.37. The third kappa shape index (κ3) is 1.79. The van der Waals surface area contributed by atoms with E-state index in [4.69, 9.17) is 0 Å². The maximum atomic E-state index is 4.37. The lowest BCUT2D eigenvalue weighted by Crippen LogP contribution is -1.90. The second kappa shape index (κ2) is 3.58. The summed E-state index contributed by atoms with van der Waals surface area (Å²) >= 11 is 0. The first-order valence-electron chi connectivity index (χ1n) is 4.62. The summed E-state index contributed by atoms with van der Waals surface area (Å²) in [5.74, 6) is 0.800. The molecule has 2 rings (SSSR count). The molecule has 0 N–H and O–H groups in total. The Bertz CT molecular complexity index is 406. The van der Waals surface area contributed by atoms with Crippen molar-refractivity contribution in [2.45, 2.75) is 13.8 Å². The van der Waals surface area contributed by atoms with Gasteiger partial charge >= 0.3 is 0 Å². The van der Waals surface area contributed by atoms with Gasteiger partial charge in [0.15, 0.2) is 5.82 Å². The van der Waals surface area contributed by atoms with Gasteiger partial charge in [-0.15, -0.1) is 0 Å². The molecule has 0 unspecified atom stereocenters. The van der Waals surface area contributed by atoms with Gasteiger partial charge in [0.1, 0.15) is 0 Å². The standard InChI is InChI=1S/C12H12N2/c1-9-4-3-5-11(8-9)12-13-7-6-10(2)14-12/h3-8H,1-2H3. The molecule has 0 radical (unpaired) electrons. The van der Waals surface area contributed by atoms with Crippen LogP contribution in [0.15, 0.2) is 36.5 Å². The molecule has 0 aliphatic carbocycles. The number of nitrogens with zero attached hydrogens (tertiary/aromatic N) is 2. The van der Waals surface area contributed by atoms with Crippen LogP contribution in [0.5, 0.6) is 0 Å². The lowest BCUT2D eigenvalue weighted by molar-refractivity contribution is 1.11. The van der Waals surface area contributed by atoms with Crippen LogP contribution in [0.1, 0.15) is 11.3 Å². The molecule has 0 spiro atoms. The molecule has 0 amide bonds. The van der Waals surface area contributed by atoms with Crippen LogP contribution >= 0.6 is 0 Å². The van der Waals surface area contributed by atoms with Crippen LogP contribution in [-0.2, 0) is 0 Å². The van der Waals surface area contributed by atoms with Crippen LogP contribution in [0, 0.1) is 13.8 Å². The first-order chi connectivity index (χ1) is 6.75. The quantitative estimate of drug-likeness (QED) is 0.681. The lowest BCUT2D eigenvalue weighted by Gasteiger charge is -2.01.